The molecule has 0 aliphatic heterocycles. The van der Waals surface area contributed by atoms with E-state index in [1.54, 1.807) is 7.11 Å². The molecule has 0 spiro atoms. The Bertz CT molecular complexity index is 678. The normalized spacial score (nSPS) is 13.9. The summed E-state index contributed by atoms with van der Waals surface area (Å²) in [5.74, 6) is -0.0116. The van der Waals surface area contributed by atoms with Crippen molar-refractivity contribution in [3.63, 3.8) is 0 Å². The van der Waals surface area contributed by atoms with Crippen LogP contribution in [0.25, 0.3) is 11.1 Å². The topological polar surface area (TPSA) is 38.3 Å². The summed E-state index contributed by atoms with van der Waals surface area (Å²) in [6, 6.07) is 13.8. The quantitative estimate of drug-likeness (QED) is 0.904. The number of benzene rings is 2. The van der Waals surface area contributed by atoms with Crippen LogP contribution in [-0.4, -0.2) is 19.1 Å². The molecule has 0 unspecified atom stereocenters. The van der Waals surface area contributed by atoms with Gasteiger partial charge in [0.2, 0.25) is 0 Å². The van der Waals surface area contributed by atoms with Gasteiger partial charge in [-0.3, -0.25) is 4.79 Å². The van der Waals surface area contributed by atoms with Crippen molar-refractivity contribution in [3.05, 3.63) is 58.6 Å². The van der Waals surface area contributed by atoms with Gasteiger partial charge in [0.05, 0.1) is 6.61 Å². The highest BCUT2D eigenvalue weighted by molar-refractivity contribution is 6.30. The summed E-state index contributed by atoms with van der Waals surface area (Å²) in [6.07, 6.45) is 2.17. The predicted octanol–water partition coefficient (Wildman–Crippen LogP) is 4.05. The van der Waals surface area contributed by atoms with Crippen molar-refractivity contribution < 1.29 is 9.53 Å². The zero-order chi connectivity index (χ0) is 15.5. The van der Waals surface area contributed by atoms with Crippen molar-refractivity contribution in [1.82, 2.24) is 5.32 Å². The number of hydrogen-bond donors (Lipinski definition) is 1. The Balaban J connectivity index is 1.92. The van der Waals surface area contributed by atoms with E-state index in [1.807, 2.05) is 42.5 Å². The molecule has 1 aliphatic carbocycles. The highest BCUT2D eigenvalue weighted by Crippen LogP contribution is 2.27. The first kappa shape index (κ1) is 15.1. The zero-order valence-electron chi connectivity index (χ0n) is 12.4. The average Bonchev–Trinajstić information content (AvgIpc) is 3.32. The van der Waals surface area contributed by atoms with Crippen LogP contribution in [0.15, 0.2) is 42.5 Å². The van der Waals surface area contributed by atoms with E-state index in [-0.39, 0.29) is 5.91 Å². The molecule has 0 radical (unpaired) electrons. The molecule has 1 aliphatic rings. The van der Waals surface area contributed by atoms with E-state index in [1.165, 1.54) is 0 Å². The third-order valence-electron chi connectivity index (χ3n) is 3.74. The Labute approximate surface area is 135 Å². The van der Waals surface area contributed by atoms with Gasteiger partial charge in [0.1, 0.15) is 0 Å². The lowest BCUT2D eigenvalue weighted by atomic mass is 9.97. The smallest absolute Gasteiger partial charge is 0.251 e. The molecule has 0 saturated heterocycles. The fraction of sp³-hybridized carbons (Fsp3) is 0.278. The van der Waals surface area contributed by atoms with E-state index in [4.69, 9.17) is 16.3 Å². The largest absolute Gasteiger partial charge is 0.380 e. The average molecular weight is 316 g/mol. The Morgan fingerprint density at radius 2 is 1.95 bits per heavy atom. The molecule has 1 saturated carbocycles. The maximum absolute atomic E-state index is 12.2. The number of carbonyl (C=O) groups is 1. The van der Waals surface area contributed by atoms with Crippen molar-refractivity contribution in [1.29, 1.82) is 0 Å². The number of nitrogens with one attached hydrogen (secondary N) is 1. The van der Waals surface area contributed by atoms with Crippen molar-refractivity contribution >= 4 is 17.5 Å². The minimum atomic E-state index is -0.0116. The van der Waals surface area contributed by atoms with E-state index in [0.717, 1.165) is 29.5 Å². The molecule has 2 aromatic carbocycles. The van der Waals surface area contributed by atoms with Gasteiger partial charge in [0.15, 0.2) is 0 Å². The highest BCUT2D eigenvalue weighted by Gasteiger charge is 2.24. The molecule has 0 heterocycles. The van der Waals surface area contributed by atoms with E-state index in [2.05, 4.69) is 5.32 Å². The number of hydrogen-bond acceptors (Lipinski definition) is 2. The van der Waals surface area contributed by atoms with Gasteiger partial charge in [-0.25, -0.2) is 0 Å². The Morgan fingerprint density at radius 3 is 2.59 bits per heavy atom. The van der Waals surface area contributed by atoms with Crippen LogP contribution in [0.5, 0.6) is 0 Å². The first-order valence-corrected chi connectivity index (χ1v) is 7.74. The van der Waals surface area contributed by atoms with Crippen molar-refractivity contribution in [2.24, 2.45) is 0 Å². The van der Waals surface area contributed by atoms with Gasteiger partial charge in [0, 0.05) is 23.7 Å². The molecule has 0 bridgehead atoms. The maximum atomic E-state index is 12.2. The molecule has 2 aromatic rings. The lowest BCUT2D eigenvalue weighted by Gasteiger charge is -2.12. The van der Waals surface area contributed by atoms with Gasteiger partial charge < -0.3 is 10.1 Å². The summed E-state index contributed by atoms with van der Waals surface area (Å²) in [5.41, 5.74) is 3.79. The van der Waals surface area contributed by atoms with Crippen LogP contribution in [0.1, 0.15) is 28.8 Å². The molecule has 3 nitrogen and oxygen atoms in total. The molecule has 4 heteroatoms. The van der Waals surface area contributed by atoms with Gasteiger partial charge in [-0.05, 0) is 53.8 Å². The fourth-order valence-electron chi connectivity index (χ4n) is 2.42. The minimum absolute atomic E-state index is 0.0116. The molecule has 22 heavy (non-hydrogen) atoms. The second-order valence-electron chi connectivity index (χ2n) is 5.56. The fourth-order valence-corrected chi connectivity index (χ4v) is 2.54. The second-order valence-corrected chi connectivity index (χ2v) is 6.00. The van der Waals surface area contributed by atoms with Crippen molar-refractivity contribution in [3.8, 4) is 11.1 Å². The maximum Gasteiger partial charge on any atom is 0.251 e. The summed E-state index contributed by atoms with van der Waals surface area (Å²) >= 11 is 5.94. The summed E-state index contributed by atoms with van der Waals surface area (Å²) in [7, 11) is 1.66. The molecule has 0 aromatic heterocycles. The highest BCUT2D eigenvalue weighted by atomic mass is 35.5. The third kappa shape index (κ3) is 3.49. The van der Waals surface area contributed by atoms with Crippen LogP contribution in [0, 0.1) is 0 Å². The Morgan fingerprint density at radius 1 is 1.23 bits per heavy atom. The number of carbonyl (C=O) groups excluding carboxylic acids is 1. The molecular weight excluding hydrogens is 298 g/mol. The lowest BCUT2D eigenvalue weighted by Crippen LogP contribution is -2.25. The minimum Gasteiger partial charge on any atom is -0.380 e. The molecule has 3 rings (SSSR count). The van der Waals surface area contributed by atoms with Crippen LogP contribution in [-0.2, 0) is 11.3 Å². The summed E-state index contributed by atoms with van der Waals surface area (Å²) < 4.78 is 5.28. The van der Waals surface area contributed by atoms with Gasteiger partial charge in [0.25, 0.3) is 5.91 Å². The van der Waals surface area contributed by atoms with E-state index in [9.17, 15) is 4.79 Å². The van der Waals surface area contributed by atoms with Gasteiger partial charge >= 0.3 is 0 Å². The van der Waals surface area contributed by atoms with Crippen LogP contribution in [0.4, 0.5) is 0 Å². The Hall–Kier alpha value is -1.84. The monoisotopic (exact) mass is 315 g/mol. The van der Waals surface area contributed by atoms with Crippen molar-refractivity contribution in [2.75, 3.05) is 7.11 Å². The molecule has 1 N–H and O–H groups in total. The second kappa shape index (κ2) is 6.51. The standard InChI is InChI=1S/C18H18ClNO2/c1-22-11-14-10-13(18(21)20-16-7-8-16)4-9-17(14)12-2-5-15(19)6-3-12/h2-6,9-10,16H,7-8,11H2,1H3,(H,20,21). The molecule has 1 fully saturated rings. The summed E-state index contributed by atoms with van der Waals surface area (Å²) in [6.45, 7) is 0.461. The van der Waals surface area contributed by atoms with Crippen LogP contribution in [0.2, 0.25) is 5.02 Å². The number of halogens is 1. The first-order valence-electron chi connectivity index (χ1n) is 7.36. The molecule has 1 amide bonds. The van der Waals surface area contributed by atoms with Crippen LogP contribution < -0.4 is 5.32 Å². The van der Waals surface area contributed by atoms with Crippen LogP contribution in [0.3, 0.4) is 0 Å². The first-order chi connectivity index (χ1) is 10.7. The third-order valence-corrected chi connectivity index (χ3v) is 3.99. The molecule has 0 atom stereocenters. The SMILES string of the molecule is COCc1cc(C(=O)NC2CC2)ccc1-c1ccc(Cl)cc1. The molecular formula is C18H18ClNO2. The Kier molecular flexibility index (Phi) is 4.46. The number of amides is 1. The van der Waals surface area contributed by atoms with Crippen molar-refractivity contribution in [2.45, 2.75) is 25.5 Å². The molecule has 114 valence electrons. The van der Waals surface area contributed by atoms with Crippen LogP contribution >= 0.6 is 11.6 Å². The predicted molar refractivity (Wildman–Crippen MR) is 88.1 cm³/mol. The number of ether oxygens (including phenoxy) is 1. The lowest BCUT2D eigenvalue weighted by molar-refractivity contribution is 0.0951. The number of rotatable bonds is 5. The van der Waals surface area contributed by atoms with Gasteiger partial charge in [-0.15, -0.1) is 0 Å². The van der Waals surface area contributed by atoms with E-state index in [0.29, 0.717) is 23.2 Å². The summed E-state index contributed by atoms with van der Waals surface area (Å²) in [4.78, 5) is 12.2. The van der Waals surface area contributed by atoms with E-state index >= 15 is 0 Å². The van der Waals surface area contributed by atoms with Gasteiger partial charge in [-0.1, -0.05) is 29.8 Å². The van der Waals surface area contributed by atoms with E-state index < -0.39 is 0 Å². The zero-order valence-corrected chi connectivity index (χ0v) is 13.2. The number of methoxy groups -OCH3 is 1. The van der Waals surface area contributed by atoms with Gasteiger partial charge in [-0.2, -0.15) is 0 Å². The summed E-state index contributed by atoms with van der Waals surface area (Å²) in [5, 5.41) is 3.71.